The zero-order valence-electron chi connectivity index (χ0n) is 5.11. The molecule has 2 rings (SSSR count). The molecule has 0 unspecified atom stereocenters. The second-order valence-electron chi connectivity index (χ2n) is 2.00. The third-order valence-corrected chi connectivity index (χ3v) is 1.36. The molecule has 1 amide bonds. The average molecular weight is 132 g/mol. The highest BCUT2D eigenvalue weighted by Gasteiger charge is 2.14. The van der Waals surface area contributed by atoms with E-state index < -0.39 is 0 Å². The van der Waals surface area contributed by atoms with Crippen LogP contribution in [0.2, 0.25) is 0 Å². The van der Waals surface area contributed by atoms with Crippen LogP contribution in [0.4, 0.5) is 0 Å². The molecule has 0 radical (unpaired) electrons. The van der Waals surface area contributed by atoms with Gasteiger partial charge >= 0.3 is 0 Å². The molecule has 10 heavy (non-hydrogen) atoms. The Kier molecular flexibility index (Phi) is 0.917. The fraction of sp³-hybridized carbons (Fsp3) is 0. The lowest BCUT2D eigenvalue weighted by molar-refractivity contribution is 0.100. The molecule has 0 aliphatic carbocycles. The standard InChI is InChI=1S/C7H4N2O/c10-7-6-5(4-9-7)2-1-3-8-6/h1-4H. The lowest BCUT2D eigenvalue weighted by atomic mass is 10.2. The Morgan fingerprint density at radius 3 is 3.10 bits per heavy atom. The van der Waals surface area contributed by atoms with Crippen molar-refractivity contribution >= 4 is 12.1 Å². The van der Waals surface area contributed by atoms with Crippen molar-refractivity contribution in [2.45, 2.75) is 0 Å². The predicted molar refractivity (Wildman–Crippen MR) is 36.2 cm³/mol. The van der Waals surface area contributed by atoms with E-state index in [4.69, 9.17) is 0 Å². The Balaban J connectivity index is 2.70. The predicted octanol–water partition coefficient (Wildman–Crippen LogP) is 0.654. The molecule has 48 valence electrons. The van der Waals surface area contributed by atoms with Crippen LogP contribution in [0.3, 0.4) is 0 Å². The number of aromatic nitrogens is 1. The summed E-state index contributed by atoms with van der Waals surface area (Å²) in [6.45, 7) is 0. The van der Waals surface area contributed by atoms with Crippen molar-refractivity contribution in [2.75, 3.05) is 0 Å². The van der Waals surface area contributed by atoms with Gasteiger partial charge in [-0.05, 0) is 12.1 Å². The van der Waals surface area contributed by atoms with Gasteiger partial charge in [-0.1, -0.05) is 0 Å². The van der Waals surface area contributed by atoms with Crippen molar-refractivity contribution < 1.29 is 4.79 Å². The molecule has 0 spiro atoms. The molecule has 1 aliphatic rings. The number of hydrogen-bond acceptors (Lipinski definition) is 2. The topological polar surface area (TPSA) is 42.3 Å². The monoisotopic (exact) mass is 132 g/mol. The first-order chi connectivity index (χ1) is 4.88. The molecule has 1 aromatic heterocycles. The van der Waals surface area contributed by atoms with E-state index >= 15 is 0 Å². The molecule has 3 nitrogen and oxygen atoms in total. The maximum atomic E-state index is 10.8. The number of carbonyl (C=O) groups is 1. The van der Waals surface area contributed by atoms with Crippen molar-refractivity contribution in [3.05, 3.63) is 29.6 Å². The first-order valence-electron chi connectivity index (χ1n) is 2.91. The van der Waals surface area contributed by atoms with Crippen LogP contribution >= 0.6 is 0 Å². The molecular weight excluding hydrogens is 128 g/mol. The molecule has 2 heterocycles. The number of nitrogens with zero attached hydrogens (tertiary/aromatic N) is 2. The minimum Gasteiger partial charge on any atom is -0.265 e. The van der Waals surface area contributed by atoms with Gasteiger partial charge in [0, 0.05) is 18.0 Å². The van der Waals surface area contributed by atoms with E-state index in [1.807, 2.05) is 6.07 Å². The van der Waals surface area contributed by atoms with Crippen molar-refractivity contribution in [3.8, 4) is 0 Å². The van der Waals surface area contributed by atoms with Crippen LogP contribution in [0.15, 0.2) is 23.3 Å². The highest BCUT2D eigenvalue weighted by molar-refractivity contribution is 6.11. The third-order valence-electron chi connectivity index (χ3n) is 1.36. The molecule has 3 heteroatoms. The first-order valence-corrected chi connectivity index (χ1v) is 2.91. The van der Waals surface area contributed by atoms with Gasteiger partial charge in [0.1, 0.15) is 5.69 Å². The summed E-state index contributed by atoms with van der Waals surface area (Å²) in [7, 11) is 0. The van der Waals surface area contributed by atoms with Gasteiger partial charge in [0.05, 0.1) is 0 Å². The number of amides is 1. The number of carbonyl (C=O) groups excluding carboxylic acids is 1. The van der Waals surface area contributed by atoms with E-state index in [1.54, 1.807) is 12.3 Å². The molecule has 0 N–H and O–H groups in total. The summed E-state index contributed by atoms with van der Waals surface area (Å²) in [6.07, 6.45) is 3.12. The molecule has 0 saturated carbocycles. The van der Waals surface area contributed by atoms with E-state index in [9.17, 15) is 4.79 Å². The Bertz CT molecular complexity index is 317. The average Bonchev–Trinajstić information content (AvgIpc) is 2.34. The summed E-state index contributed by atoms with van der Waals surface area (Å²) >= 11 is 0. The van der Waals surface area contributed by atoms with Crippen molar-refractivity contribution in [2.24, 2.45) is 4.99 Å². The zero-order chi connectivity index (χ0) is 6.97. The quantitative estimate of drug-likeness (QED) is 0.520. The highest BCUT2D eigenvalue weighted by Crippen LogP contribution is 2.09. The molecule has 0 bridgehead atoms. The summed E-state index contributed by atoms with van der Waals surface area (Å²) in [5.41, 5.74) is 1.27. The summed E-state index contributed by atoms with van der Waals surface area (Å²) in [6, 6.07) is 3.60. The van der Waals surface area contributed by atoms with E-state index in [0.717, 1.165) is 5.56 Å². The lowest BCUT2D eigenvalue weighted by Gasteiger charge is -1.88. The fourth-order valence-electron chi connectivity index (χ4n) is 0.890. The van der Waals surface area contributed by atoms with Gasteiger partial charge in [-0.25, -0.2) is 4.99 Å². The number of fused-ring (bicyclic) bond motifs is 1. The van der Waals surface area contributed by atoms with Crippen molar-refractivity contribution in [3.63, 3.8) is 0 Å². The fourth-order valence-corrected chi connectivity index (χ4v) is 0.890. The van der Waals surface area contributed by atoms with Crippen LogP contribution in [0.25, 0.3) is 0 Å². The van der Waals surface area contributed by atoms with Gasteiger partial charge in [0.15, 0.2) is 0 Å². The van der Waals surface area contributed by atoms with Gasteiger partial charge in [-0.3, -0.25) is 9.78 Å². The van der Waals surface area contributed by atoms with Gasteiger partial charge in [0.25, 0.3) is 5.91 Å². The van der Waals surface area contributed by atoms with Gasteiger partial charge in [-0.15, -0.1) is 0 Å². The number of rotatable bonds is 0. The summed E-state index contributed by atoms with van der Waals surface area (Å²) in [4.78, 5) is 18.2. The van der Waals surface area contributed by atoms with Crippen LogP contribution in [0.1, 0.15) is 16.1 Å². The maximum absolute atomic E-state index is 10.8. The van der Waals surface area contributed by atoms with Crippen molar-refractivity contribution in [1.82, 2.24) is 4.98 Å². The maximum Gasteiger partial charge on any atom is 0.296 e. The number of hydrogen-bond donors (Lipinski definition) is 0. The van der Waals surface area contributed by atoms with Crippen LogP contribution in [-0.2, 0) is 0 Å². The molecule has 0 aromatic carbocycles. The Labute approximate surface area is 57.4 Å². The zero-order valence-corrected chi connectivity index (χ0v) is 5.11. The SMILES string of the molecule is O=C1N=Cc2cccnc21. The van der Waals surface area contributed by atoms with Gasteiger partial charge < -0.3 is 0 Å². The Hall–Kier alpha value is -1.51. The molecule has 0 atom stereocenters. The smallest absolute Gasteiger partial charge is 0.265 e. The Morgan fingerprint density at radius 2 is 2.30 bits per heavy atom. The summed E-state index contributed by atoms with van der Waals surface area (Å²) in [5, 5.41) is 0. The van der Waals surface area contributed by atoms with Crippen LogP contribution < -0.4 is 0 Å². The van der Waals surface area contributed by atoms with E-state index in [0.29, 0.717) is 5.69 Å². The van der Waals surface area contributed by atoms with Gasteiger partial charge in [-0.2, -0.15) is 0 Å². The number of pyridine rings is 1. The minimum atomic E-state index is -0.240. The summed E-state index contributed by atoms with van der Waals surface area (Å²) in [5.74, 6) is -0.240. The minimum absolute atomic E-state index is 0.240. The second kappa shape index (κ2) is 1.73. The van der Waals surface area contributed by atoms with Crippen LogP contribution in [-0.4, -0.2) is 17.1 Å². The Morgan fingerprint density at radius 1 is 1.40 bits per heavy atom. The second-order valence-corrected chi connectivity index (χ2v) is 2.00. The molecule has 0 saturated heterocycles. The third kappa shape index (κ3) is 0.572. The van der Waals surface area contributed by atoms with Crippen LogP contribution in [0.5, 0.6) is 0 Å². The molecular formula is C7H4N2O. The first kappa shape index (κ1) is 5.29. The largest absolute Gasteiger partial charge is 0.296 e. The highest BCUT2D eigenvalue weighted by atomic mass is 16.1. The normalized spacial score (nSPS) is 13.8. The molecule has 0 fully saturated rings. The molecule has 1 aromatic rings. The van der Waals surface area contributed by atoms with E-state index in [-0.39, 0.29) is 5.91 Å². The van der Waals surface area contributed by atoms with E-state index in [1.165, 1.54) is 6.21 Å². The van der Waals surface area contributed by atoms with Crippen LogP contribution in [0, 0.1) is 0 Å². The van der Waals surface area contributed by atoms with Gasteiger partial charge in [0.2, 0.25) is 0 Å². The number of aliphatic imine (C=N–C) groups is 1. The lowest BCUT2D eigenvalue weighted by Crippen LogP contribution is -1.94. The van der Waals surface area contributed by atoms with Crippen molar-refractivity contribution in [1.29, 1.82) is 0 Å². The summed E-state index contributed by atoms with van der Waals surface area (Å²) < 4.78 is 0. The van der Waals surface area contributed by atoms with E-state index in [2.05, 4.69) is 9.98 Å². The molecule has 1 aliphatic heterocycles.